The van der Waals surface area contributed by atoms with Crippen LogP contribution in [0.15, 0.2) is 36.5 Å². The maximum atomic E-state index is 12.7. The van der Waals surface area contributed by atoms with E-state index in [2.05, 4.69) is 11.1 Å². The van der Waals surface area contributed by atoms with E-state index in [1.165, 1.54) is 0 Å². The van der Waals surface area contributed by atoms with Crippen LogP contribution in [0.25, 0.3) is 0 Å². The first kappa shape index (κ1) is 16.4. The molecule has 1 aliphatic heterocycles. The molecule has 3 rings (SSSR count). The van der Waals surface area contributed by atoms with Crippen LogP contribution in [-0.4, -0.2) is 36.6 Å². The summed E-state index contributed by atoms with van der Waals surface area (Å²) in [5.41, 5.74) is 2.18. The predicted molar refractivity (Wildman–Crippen MR) is 92.3 cm³/mol. The standard InChI is InChI=1S/C19H24N2O3/c1-23-15-11-14(12-16(13-15)24-2)7-8-19(22)21-10-4-6-18(21)17-5-3-9-20-17/h3,5,9,11-13,18,20H,4,6-8,10H2,1-2H3. The summed E-state index contributed by atoms with van der Waals surface area (Å²) < 4.78 is 10.6. The molecule has 1 fully saturated rings. The van der Waals surface area contributed by atoms with Gasteiger partial charge in [0.25, 0.3) is 0 Å². The van der Waals surface area contributed by atoms with Gasteiger partial charge in [0.1, 0.15) is 11.5 Å². The van der Waals surface area contributed by atoms with E-state index in [-0.39, 0.29) is 11.9 Å². The second kappa shape index (κ2) is 7.43. The molecular weight excluding hydrogens is 304 g/mol. The first-order valence-corrected chi connectivity index (χ1v) is 8.36. The lowest BCUT2D eigenvalue weighted by Crippen LogP contribution is -2.30. The molecule has 0 bridgehead atoms. The van der Waals surface area contributed by atoms with E-state index in [0.29, 0.717) is 12.8 Å². The van der Waals surface area contributed by atoms with Crippen LogP contribution < -0.4 is 9.47 Å². The van der Waals surface area contributed by atoms with Crippen LogP contribution in [0.3, 0.4) is 0 Å². The molecule has 128 valence electrons. The summed E-state index contributed by atoms with van der Waals surface area (Å²) in [6.07, 6.45) is 5.17. The number of aromatic nitrogens is 1. The minimum absolute atomic E-state index is 0.187. The van der Waals surface area contributed by atoms with Crippen molar-refractivity contribution in [1.29, 1.82) is 0 Å². The topological polar surface area (TPSA) is 54.6 Å². The summed E-state index contributed by atoms with van der Waals surface area (Å²) in [7, 11) is 3.27. The molecule has 2 aromatic rings. The SMILES string of the molecule is COc1cc(CCC(=O)N2CCCC2c2ccc[nH]2)cc(OC)c1. The lowest BCUT2D eigenvalue weighted by atomic mass is 10.1. The Morgan fingerprint density at radius 2 is 2.00 bits per heavy atom. The lowest BCUT2D eigenvalue weighted by molar-refractivity contribution is -0.132. The van der Waals surface area contributed by atoms with Crippen LogP contribution in [0.2, 0.25) is 0 Å². The number of H-pyrrole nitrogens is 1. The van der Waals surface area contributed by atoms with Gasteiger partial charge in [0.05, 0.1) is 20.3 Å². The van der Waals surface area contributed by atoms with Gasteiger partial charge in [0, 0.05) is 30.9 Å². The highest BCUT2D eigenvalue weighted by Crippen LogP contribution is 2.31. The maximum absolute atomic E-state index is 12.7. The molecule has 0 radical (unpaired) electrons. The van der Waals surface area contributed by atoms with Crippen LogP contribution in [0.4, 0.5) is 0 Å². The molecule has 0 saturated carbocycles. The number of carbonyl (C=O) groups is 1. The number of rotatable bonds is 6. The first-order valence-electron chi connectivity index (χ1n) is 8.36. The highest BCUT2D eigenvalue weighted by Gasteiger charge is 2.30. The number of benzene rings is 1. The van der Waals surface area contributed by atoms with Crippen molar-refractivity contribution in [3.8, 4) is 11.5 Å². The van der Waals surface area contributed by atoms with Crippen molar-refractivity contribution < 1.29 is 14.3 Å². The number of methoxy groups -OCH3 is 2. The normalized spacial score (nSPS) is 17.1. The third-order valence-corrected chi connectivity index (χ3v) is 4.59. The van der Waals surface area contributed by atoms with Crippen LogP contribution in [0, 0.1) is 0 Å². The third-order valence-electron chi connectivity index (χ3n) is 4.59. The zero-order valence-electron chi connectivity index (χ0n) is 14.2. The Balaban J connectivity index is 1.65. The van der Waals surface area contributed by atoms with Gasteiger partial charge in [-0.05, 0) is 49.1 Å². The van der Waals surface area contributed by atoms with E-state index in [0.717, 1.165) is 42.1 Å². The highest BCUT2D eigenvalue weighted by molar-refractivity contribution is 5.77. The average Bonchev–Trinajstić information content (AvgIpc) is 3.29. The number of hydrogen-bond acceptors (Lipinski definition) is 3. The zero-order chi connectivity index (χ0) is 16.9. The molecule has 1 aliphatic rings. The summed E-state index contributed by atoms with van der Waals surface area (Å²) in [6.45, 7) is 0.837. The van der Waals surface area contributed by atoms with Crippen LogP contribution >= 0.6 is 0 Å². The van der Waals surface area contributed by atoms with E-state index in [1.807, 2.05) is 35.4 Å². The summed E-state index contributed by atoms with van der Waals surface area (Å²) >= 11 is 0. The second-order valence-electron chi connectivity index (χ2n) is 6.09. The van der Waals surface area contributed by atoms with E-state index in [9.17, 15) is 4.79 Å². The molecular formula is C19H24N2O3. The quantitative estimate of drug-likeness (QED) is 0.885. The van der Waals surface area contributed by atoms with Gasteiger partial charge in [-0.3, -0.25) is 4.79 Å². The molecule has 1 unspecified atom stereocenters. The molecule has 1 atom stereocenters. The smallest absolute Gasteiger partial charge is 0.223 e. The number of hydrogen-bond donors (Lipinski definition) is 1. The van der Waals surface area contributed by atoms with Crippen LogP contribution in [0.1, 0.15) is 36.6 Å². The van der Waals surface area contributed by atoms with Gasteiger partial charge in [0.2, 0.25) is 5.91 Å². The van der Waals surface area contributed by atoms with E-state index < -0.39 is 0 Å². The summed E-state index contributed by atoms with van der Waals surface area (Å²) in [5, 5.41) is 0. The molecule has 5 nitrogen and oxygen atoms in total. The van der Waals surface area contributed by atoms with Crippen molar-refractivity contribution in [3.05, 3.63) is 47.8 Å². The molecule has 1 saturated heterocycles. The fourth-order valence-electron chi connectivity index (χ4n) is 3.35. The van der Waals surface area contributed by atoms with Crippen molar-refractivity contribution in [2.75, 3.05) is 20.8 Å². The second-order valence-corrected chi connectivity index (χ2v) is 6.09. The van der Waals surface area contributed by atoms with Gasteiger partial charge in [-0.1, -0.05) is 0 Å². The summed E-state index contributed by atoms with van der Waals surface area (Å²) in [5.74, 6) is 1.71. The number of nitrogens with zero attached hydrogens (tertiary/aromatic N) is 1. The molecule has 1 aromatic heterocycles. The van der Waals surface area contributed by atoms with Crippen molar-refractivity contribution in [1.82, 2.24) is 9.88 Å². The van der Waals surface area contributed by atoms with Crippen molar-refractivity contribution in [2.24, 2.45) is 0 Å². The fraction of sp³-hybridized carbons (Fsp3) is 0.421. The lowest BCUT2D eigenvalue weighted by Gasteiger charge is -2.24. The van der Waals surface area contributed by atoms with Crippen molar-refractivity contribution >= 4 is 5.91 Å². The number of amides is 1. The number of carbonyl (C=O) groups excluding carboxylic acids is 1. The minimum Gasteiger partial charge on any atom is -0.497 e. The molecule has 1 N–H and O–H groups in total. The van der Waals surface area contributed by atoms with Gasteiger partial charge in [-0.15, -0.1) is 0 Å². The fourth-order valence-corrected chi connectivity index (χ4v) is 3.35. The Hall–Kier alpha value is -2.43. The molecule has 1 aromatic carbocycles. The maximum Gasteiger partial charge on any atom is 0.223 e. The van der Waals surface area contributed by atoms with E-state index >= 15 is 0 Å². The minimum atomic E-state index is 0.187. The van der Waals surface area contributed by atoms with Gasteiger partial charge in [-0.25, -0.2) is 0 Å². The Morgan fingerprint density at radius 3 is 2.62 bits per heavy atom. The number of nitrogens with one attached hydrogen (secondary N) is 1. The predicted octanol–water partition coefficient (Wildman–Crippen LogP) is 3.33. The number of likely N-dealkylation sites (tertiary alicyclic amines) is 1. The van der Waals surface area contributed by atoms with Gasteiger partial charge in [0.15, 0.2) is 0 Å². The first-order chi connectivity index (χ1) is 11.7. The molecule has 0 spiro atoms. The van der Waals surface area contributed by atoms with Crippen LogP contribution in [0.5, 0.6) is 11.5 Å². The van der Waals surface area contributed by atoms with Crippen molar-refractivity contribution in [2.45, 2.75) is 31.7 Å². The largest absolute Gasteiger partial charge is 0.497 e. The van der Waals surface area contributed by atoms with Crippen molar-refractivity contribution in [3.63, 3.8) is 0 Å². The molecule has 0 aliphatic carbocycles. The number of aryl methyl sites for hydroxylation is 1. The zero-order valence-corrected chi connectivity index (χ0v) is 14.2. The van der Waals surface area contributed by atoms with Gasteiger partial charge in [-0.2, -0.15) is 0 Å². The highest BCUT2D eigenvalue weighted by atomic mass is 16.5. The third kappa shape index (κ3) is 3.55. The summed E-state index contributed by atoms with van der Waals surface area (Å²) in [4.78, 5) is 17.9. The number of ether oxygens (including phenoxy) is 2. The molecule has 24 heavy (non-hydrogen) atoms. The Bertz CT molecular complexity index is 660. The summed E-state index contributed by atoms with van der Waals surface area (Å²) in [6, 6.07) is 9.99. The molecule has 1 amide bonds. The average molecular weight is 328 g/mol. The Kier molecular flexibility index (Phi) is 5.08. The Labute approximate surface area is 142 Å². The molecule has 2 heterocycles. The van der Waals surface area contributed by atoms with E-state index in [1.54, 1.807) is 14.2 Å². The van der Waals surface area contributed by atoms with Gasteiger partial charge >= 0.3 is 0 Å². The van der Waals surface area contributed by atoms with Gasteiger partial charge < -0.3 is 19.4 Å². The molecule has 5 heteroatoms. The monoisotopic (exact) mass is 328 g/mol. The number of aromatic amines is 1. The van der Waals surface area contributed by atoms with E-state index in [4.69, 9.17) is 9.47 Å². The van der Waals surface area contributed by atoms with Crippen LogP contribution in [-0.2, 0) is 11.2 Å². The Morgan fingerprint density at radius 1 is 1.25 bits per heavy atom.